The highest BCUT2D eigenvalue weighted by molar-refractivity contribution is 7.73. The Morgan fingerprint density at radius 1 is 1.12 bits per heavy atom. The second-order valence-electron chi connectivity index (χ2n) is 7.13. The first kappa shape index (κ1) is 17.4. The van der Waals surface area contributed by atoms with Crippen molar-refractivity contribution in [2.24, 2.45) is 0 Å². The molecule has 0 spiro atoms. The SMILES string of the molecule is CC(C)(C)Nc1nn(CN2CCN(c3ccccc3)CC2)c(=S)s1. The molecule has 1 aromatic carbocycles. The van der Waals surface area contributed by atoms with Crippen molar-refractivity contribution in [2.75, 3.05) is 36.4 Å². The van der Waals surface area contributed by atoms with Crippen LogP contribution in [0.15, 0.2) is 30.3 Å². The molecule has 0 unspecified atom stereocenters. The third-order valence-corrected chi connectivity index (χ3v) is 5.14. The molecule has 7 heteroatoms. The molecule has 1 aromatic heterocycles. The van der Waals surface area contributed by atoms with E-state index in [9.17, 15) is 0 Å². The summed E-state index contributed by atoms with van der Waals surface area (Å²) in [5.74, 6) is 0. The third-order valence-electron chi connectivity index (χ3n) is 3.92. The second-order valence-corrected chi connectivity index (χ2v) is 8.75. The second kappa shape index (κ2) is 7.21. The Labute approximate surface area is 152 Å². The van der Waals surface area contributed by atoms with Gasteiger partial charge in [0.25, 0.3) is 0 Å². The highest BCUT2D eigenvalue weighted by Crippen LogP contribution is 2.20. The average molecular weight is 364 g/mol. The summed E-state index contributed by atoms with van der Waals surface area (Å²) in [6.07, 6.45) is 0. The number of piperazine rings is 1. The molecule has 24 heavy (non-hydrogen) atoms. The normalized spacial score (nSPS) is 16.4. The fourth-order valence-corrected chi connectivity index (χ4v) is 3.94. The van der Waals surface area contributed by atoms with E-state index in [1.165, 1.54) is 5.69 Å². The monoisotopic (exact) mass is 363 g/mol. The molecule has 1 saturated heterocycles. The first-order chi connectivity index (χ1) is 11.4. The van der Waals surface area contributed by atoms with Crippen LogP contribution in [0.1, 0.15) is 20.8 Å². The molecule has 130 valence electrons. The van der Waals surface area contributed by atoms with Crippen LogP contribution in [0.25, 0.3) is 0 Å². The molecule has 1 aliphatic heterocycles. The van der Waals surface area contributed by atoms with Gasteiger partial charge in [-0.1, -0.05) is 29.5 Å². The van der Waals surface area contributed by atoms with Gasteiger partial charge in [0.1, 0.15) is 0 Å². The van der Waals surface area contributed by atoms with E-state index in [0.717, 1.165) is 41.9 Å². The van der Waals surface area contributed by atoms with Crippen molar-refractivity contribution in [1.82, 2.24) is 14.7 Å². The first-order valence-electron chi connectivity index (χ1n) is 8.29. The first-order valence-corrected chi connectivity index (χ1v) is 9.52. The Balaban J connectivity index is 1.57. The summed E-state index contributed by atoms with van der Waals surface area (Å²) in [5, 5.41) is 8.93. The van der Waals surface area contributed by atoms with Crippen LogP contribution in [0.2, 0.25) is 0 Å². The Morgan fingerprint density at radius 3 is 2.42 bits per heavy atom. The molecular formula is C17H25N5S2. The van der Waals surface area contributed by atoms with E-state index in [1.54, 1.807) is 11.3 Å². The van der Waals surface area contributed by atoms with Crippen molar-refractivity contribution in [3.63, 3.8) is 0 Å². The number of hydrogen-bond acceptors (Lipinski definition) is 6. The van der Waals surface area contributed by atoms with E-state index in [4.69, 9.17) is 12.2 Å². The standard InChI is InChI=1S/C17H25N5S2/c1-17(2,3)18-15-19-22(16(23)24-15)13-20-9-11-21(12-10-20)14-7-5-4-6-8-14/h4-8H,9-13H2,1-3H3,(H,18,19). The van der Waals surface area contributed by atoms with Gasteiger partial charge in [-0.25, -0.2) is 4.68 Å². The van der Waals surface area contributed by atoms with Gasteiger partial charge < -0.3 is 10.2 Å². The van der Waals surface area contributed by atoms with Gasteiger partial charge in [0.2, 0.25) is 5.13 Å². The minimum Gasteiger partial charge on any atom is -0.369 e. The maximum atomic E-state index is 5.47. The molecule has 0 radical (unpaired) electrons. The lowest BCUT2D eigenvalue weighted by Crippen LogP contribution is -2.46. The fourth-order valence-electron chi connectivity index (χ4n) is 2.74. The molecule has 0 saturated carbocycles. The van der Waals surface area contributed by atoms with E-state index in [2.05, 4.69) is 71.3 Å². The number of rotatable bonds is 4. The minimum atomic E-state index is -0.00122. The zero-order valence-electron chi connectivity index (χ0n) is 14.5. The summed E-state index contributed by atoms with van der Waals surface area (Å²) in [6, 6.07) is 10.6. The van der Waals surface area contributed by atoms with Gasteiger partial charge in [0, 0.05) is 37.4 Å². The zero-order chi connectivity index (χ0) is 17.2. The maximum Gasteiger partial charge on any atom is 0.205 e. The molecular weight excluding hydrogens is 338 g/mol. The highest BCUT2D eigenvalue weighted by Gasteiger charge is 2.19. The van der Waals surface area contributed by atoms with Gasteiger partial charge in [-0.2, -0.15) is 0 Å². The van der Waals surface area contributed by atoms with Crippen molar-refractivity contribution >= 4 is 34.4 Å². The van der Waals surface area contributed by atoms with Crippen LogP contribution in [0.3, 0.4) is 0 Å². The van der Waals surface area contributed by atoms with Gasteiger partial charge in [-0.3, -0.25) is 4.90 Å². The van der Waals surface area contributed by atoms with Crippen LogP contribution in [0.4, 0.5) is 10.8 Å². The van der Waals surface area contributed by atoms with Crippen LogP contribution >= 0.6 is 23.6 Å². The van der Waals surface area contributed by atoms with E-state index >= 15 is 0 Å². The smallest absolute Gasteiger partial charge is 0.205 e. The molecule has 1 N–H and O–H groups in total. The molecule has 1 aliphatic rings. The van der Waals surface area contributed by atoms with Gasteiger partial charge in [0.05, 0.1) is 6.67 Å². The number of aromatic nitrogens is 2. The lowest BCUT2D eigenvalue weighted by molar-refractivity contribution is 0.195. The molecule has 2 heterocycles. The topological polar surface area (TPSA) is 36.3 Å². The van der Waals surface area contributed by atoms with Crippen LogP contribution in [-0.4, -0.2) is 46.4 Å². The number of para-hydroxylation sites is 1. The maximum absolute atomic E-state index is 5.47. The Bertz CT molecular complexity index is 709. The average Bonchev–Trinajstić information content (AvgIpc) is 2.86. The lowest BCUT2D eigenvalue weighted by Gasteiger charge is -2.35. The summed E-state index contributed by atoms with van der Waals surface area (Å²) < 4.78 is 2.76. The number of hydrogen-bond donors (Lipinski definition) is 1. The summed E-state index contributed by atoms with van der Waals surface area (Å²) in [4.78, 5) is 4.85. The van der Waals surface area contributed by atoms with Crippen molar-refractivity contribution in [2.45, 2.75) is 33.0 Å². The highest BCUT2D eigenvalue weighted by atomic mass is 32.1. The van der Waals surface area contributed by atoms with E-state index in [1.807, 2.05) is 4.68 Å². The number of nitrogens with one attached hydrogen (secondary N) is 1. The van der Waals surface area contributed by atoms with E-state index in [0.29, 0.717) is 0 Å². The largest absolute Gasteiger partial charge is 0.369 e. The molecule has 2 aromatic rings. The van der Waals surface area contributed by atoms with Crippen molar-refractivity contribution in [3.05, 3.63) is 34.3 Å². The van der Waals surface area contributed by atoms with Gasteiger partial charge in [0.15, 0.2) is 3.95 Å². The van der Waals surface area contributed by atoms with Crippen molar-refractivity contribution in [3.8, 4) is 0 Å². The number of benzene rings is 1. The fraction of sp³-hybridized carbons (Fsp3) is 0.529. The van der Waals surface area contributed by atoms with Crippen LogP contribution < -0.4 is 10.2 Å². The molecule has 3 rings (SSSR count). The van der Waals surface area contributed by atoms with Crippen LogP contribution in [0.5, 0.6) is 0 Å². The number of anilines is 2. The van der Waals surface area contributed by atoms with Crippen LogP contribution in [0, 0.1) is 3.95 Å². The molecule has 0 aliphatic carbocycles. The molecule has 1 fully saturated rings. The van der Waals surface area contributed by atoms with Crippen LogP contribution in [-0.2, 0) is 6.67 Å². The number of nitrogens with zero attached hydrogens (tertiary/aromatic N) is 4. The van der Waals surface area contributed by atoms with E-state index < -0.39 is 0 Å². The Kier molecular flexibility index (Phi) is 5.22. The summed E-state index contributed by atoms with van der Waals surface area (Å²) in [6.45, 7) is 11.3. The molecule has 5 nitrogen and oxygen atoms in total. The Hall–Kier alpha value is -1.44. The van der Waals surface area contributed by atoms with Gasteiger partial charge >= 0.3 is 0 Å². The predicted octanol–water partition coefficient (Wildman–Crippen LogP) is 3.66. The van der Waals surface area contributed by atoms with Gasteiger partial charge in [-0.05, 0) is 45.1 Å². The van der Waals surface area contributed by atoms with Crippen molar-refractivity contribution < 1.29 is 0 Å². The molecule has 0 amide bonds. The minimum absolute atomic E-state index is 0.00122. The van der Waals surface area contributed by atoms with E-state index in [-0.39, 0.29) is 5.54 Å². The lowest BCUT2D eigenvalue weighted by atomic mass is 10.1. The zero-order valence-corrected chi connectivity index (χ0v) is 16.2. The van der Waals surface area contributed by atoms with Crippen molar-refractivity contribution in [1.29, 1.82) is 0 Å². The summed E-state index contributed by atoms with van der Waals surface area (Å²) >= 11 is 7.02. The van der Waals surface area contributed by atoms with Gasteiger partial charge in [-0.15, -0.1) is 5.10 Å². The third kappa shape index (κ3) is 4.55. The molecule has 0 atom stereocenters. The Morgan fingerprint density at radius 2 is 1.79 bits per heavy atom. The summed E-state index contributed by atoms with van der Waals surface area (Å²) in [5.41, 5.74) is 1.30. The predicted molar refractivity (Wildman–Crippen MR) is 105 cm³/mol. The molecule has 0 bridgehead atoms. The quantitative estimate of drug-likeness (QED) is 0.839. The summed E-state index contributed by atoms with van der Waals surface area (Å²) in [7, 11) is 0.